The van der Waals surface area contributed by atoms with Gasteiger partial charge in [-0.25, -0.2) is 8.42 Å². The highest BCUT2D eigenvalue weighted by Gasteiger charge is 2.22. The number of nitrogens with zero attached hydrogens (tertiary/aromatic N) is 5. The zero-order chi connectivity index (χ0) is 15.0. The van der Waals surface area contributed by atoms with Gasteiger partial charge in [0.2, 0.25) is 0 Å². The number of sulfonamides is 1. The van der Waals surface area contributed by atoms with Crippen molar-refractivity contribution < 1.29 is 8.42 Å². The molecule has 0 radical (unpaired) electrons. The molecular formula is C11H12N6O2S2. The molecule has 3 aromatic heterocycles. The Hall–Kier alpha value is -2.20. The molecule has 1 N–H and O–H groups in total. The Morgan fingerprint density at radius 1 is 1.29 bits per heavy atom. The first-order valence-electron chi connectivity index (χ1n) is 5.94. The van der Waals surface area contributed by atoms with E-state index in [-0.39, 0.29) is 4.21 Å². The van der Waals surface area contributed by atoms with Gasteiger partial charge in [-0.15, -0.1) is 21.5 Å². The maximum atomic E-state index is 12.4. The lowest BCUT2D eigenvalue weighted by molar-refractivity contribution is 0.603. The molecule has 110 valence electrons. The number of hydrogen-bond acceptors (Lipinski definition) is 6. The summed E-state index contributed by atoms with van der Waals surface area (Å²) in [5.41, 5.74) is 1.10. The molecule has 0 aliphatic carbocycles. The van der Waals surface area contributed by atoms with E-state index in [0.717, 1.165) is 11.3 Å². The molecular weight excluding hydrogens is 312 g/mol. The molecule has 3 rings (SSSR count). The first-order chi connectivity index (χ1) is 9.99. The summed E-state index contributed by atoms with van der Waals surface area (Å²) in [4.78, 5) is 0. The molecule has 8 nitrogen and oxygen atoms in total. The molecule has 3 heterocycles. The van der Waals surface area contributed by atoms with Crippen molar-refractivity contribution in [2.45, 2.75) is 11.1 Å². The van der Waals surface area contributed by atoms with E-state index in [1.54, 1.807) is 40.7 Å². The first kappa shape index (κ1) is 13.8. The lowest BCUT2D eigenvalue weighted by atomic mass is 10.4. The normalized spacial score (nSPS) is 11.7. The lowest BCUT2D eigenvalue weighted by Crippen LogP contribution is -2.13. The molecule has 0 saturated carbocycles. The van der Waals surface area contributed by atoms with Crippen LogP contribution in [0.5, 0.6) is 0 Å². The Bertz CT molecular complexity index is 849. The molecule has 0 amide bonds. The highest BCUT2D eigenvalue weighted by Crippen LogP contribution is 2.27. The number of rotatable bonds is 4. The van der Waals surface area contributed by atoms with Crippen LogP contribution in [0.4, 0.5) is 5.69 Å². The van der Waals surface area contributed by atoms with Gasteiger partial charge in [-0.1, -0.05) is 6.07 Å². The molecule has 0 atom stereocenters. The summed E-state index contributed by atoms with van der Waals surface area (Å²) in [5, 5.41) is 13.4. The first-order valence-corrected chi connectivity index (χ1v) is 8.30. The van der Waals surface area contributed by atoms with Crippen molar-refractivity contribution in [2.24, 2.45) is 7.05 Å². The average molecular weight is 324 g/mol. The van der Waals surface area contributed by atoms with Gasteiger partial charge in [0.1, 0.15) is 22.6 Å². The minimum atomic E-state index is -3.63. The zero-order valence-electron chi connectivity index (χ0n) is 11.3. The molecule has 0 spiro atoms. The van der Waals surface area contributed by atoms with Gasteiger partial charge in [0.15, 0.2) is 5.82 Å². The summed E-state index contributed by atoms with van der Waals surface area (Å²) in [6.45, 7) is 1.78. The van der Waals surface area contributed by atoms with E-state index in [9.17, 15) is 8.42 Å². The van der Waals surface area contributed by atoms with Crippen LogP contribution in [0.25, 0.3) is 5.82 Å². The minimum Gasteiger partial charge on any atom is -0.273 e. The van der Waals surface area contributed by atoms with E-state index in [1.807, 2.05) is 0 Å². The van der Waals surface area contributed by atoms with Gasteiger partial charge in [0.05, 0.1) is 5.69 Å². The van der Waals surface area contributed by atoms with Gasteiger partial charge >= 0.3 is 0 Å². The summed E-state index contributed by atoms with van der Waals surface area (Å²) in [6, 6.07) is 3.24. The number of aromatic nitrogens is 5. The summed E-state index contributed by atoms with van der Waals surface area (Å²) >= 11 is 1.16. The van der Waals surface area contributed by atoms with E-state index in [4.69, 9.17) is 0 Å². The van der Waals surface area contributed by atoms with Crippen LogP contribution in [-0.4, -0.2) is 33.0 Å². The third-order valence-corrected chi connectivity index (χ3v) is 5.72. The Morgan fingerprint density at radius 2 is 2.00 bits per heavy atom. The van der Waals surface area contributed by atoms with Gasteiger partial charge in [-0.3, -0.25) is 14.0 Å². The third kappa shape index (κ3) is 2.43. The zero-order valence-corrected chi connectivity index (χ0v) is 12.9. The molecule has 3 aromatic rings. The van der Waals surface area contributed by atoms with Crippen LogP contribution in [0.3, 0.4) is 0 Å². The fourth-order valence-corrected chi connectivity index (χ4v) is 3.91. The number of thiophene rings is 1. The van der Waals surface area contributed by atoms with E-state index < -0.39 is 10.0 Å². The van der Waals surface area contributed by atoms with Crippen LogP contribution < -0.4 is 4.72 Å². The van der Waals surface area contributed by atoms with Crippen molar-refractivity contribution in [3.8, 4) is 5.82 Å². The maximum absolute atomic E-state index is 12.4. The molecule has 0 aromatic carbocycles. The van der Waals surface area contributed by atoms with Crippen molar-refractivity contribution in [3.05, 3.63) is 35.9 Å². The molecule has 21 heavy (non-hydrogen) atoms. The third-order valence-electron chi connectivity index (χ3n) is 2.98. The fraction of sp³-hybridized carbons (Fsp3) is 0.182. The second kappa shape index (κ2) is 4.97. The molecule has 0 saturated heterocycles. The predicted octanol–water partition coefficient (Wildman–Crippen LogP) is 1.17. The maximum Gasteiger partial charge on any atom is 0.271 e. The molecule has 0 fully saturated rings. The Labute approximate surface area is 125 Å². The summed E-state index contributed by atoms with van der Waals surface area (Å²) in [5.74, 6) is 0.431. The Morgan fingerprint density at radius 3 is 2.62 bits per heavy atom. The van der Waals surface area contributed by atoms with Gasteiger partial charge in [-0.2, -0.15) is 5.10 Å². The van der Waals surface area contributed by atoms with Crippen molar-refractivity contribution >= 4 is 27.0 Å². The van der Waals surface area contributed by atoms with Gasteiger partial charge < -0.3 is 0 Å². The quantitative estimate of drug-likeness (QED) is 0.777. The lowest BCUT2D eigenvalue weighted by Gasteiger charge is -2.07. The summed E-state index contributed by atoms with van der Waals surface area (Å²) in [7, 11) is -1.89. The molecule has 10 heteroatoms. The van der Waals surface area contributed by atoms with Crippen LogP contribution in [-0.2, 0) is 17.1 Å². The molecule has 0 aliphatic heterocycles. The van der Waals surface area contributed by atoms with Crippen molar-refractivity contribution in [1.82, 2.24) is 24.5 Å². The largest absolute Gasteiger partial charge is 0.273 e. The number of hydrogen-bond donors (Lipinski definition) is 1. The topological polar surface area (TPSA) is 94.7 Å². The summed E-state index contributed by atoms with van der Waals surface area (Å²) < 4.78 is 30.7. The van der Waals surface area contributed by atoms with Crippen LogP contribution >= 0.6 is 11.3 Å². The number of nitrogens with one attached hydrogen (secondary N) is 1. The van der Waals surface area contributed by atoms with E-state index >= 15 is 0 Å². The van der Waals surface area contributed by atoms with Crippen LogP contribution in [0.2, 0.25) is 0 Å². The van der Waals surface area contributed by atoms with Crippen molar-refractivity contribution in [1.29, 1.82) is 0 Å². The average Bonchev–Trinajstić information content (AvgIpc) is 3.16. The van der Waals surface area contributed by atoms with Gasteiger partial charge in [0.25, 0.3) is 10.0 Å². The van der Waals surface area contributed by atoms with Crippen LogP contribution in [0, 0.1) is 6.92 Å². The Balaban J connectivity index is 2.07. The van der Waals surface area contributed by atoms with Gasteiger partial charge in [-0.05, 0) is 18.4 Å². The van der Waals surface area contributed by atoms with Crippen LogP contribution in [0.15, 0.2) is 34.4 Å². The predicted molar refractivity (Wildman–Crippen MR) is 78.0 cm³/mol. The SMILES string of the molecule is Cc1c(NS(=O)(=O)c2cccs2)c(-n2cnnc2)nn1C. The number of anilines is 1. The molecule has 0 unspecified atom stereocenters. The fourth-order valence-electron chi connectivity index (χ4n) is 1.80. The highest BCUT2D eigenvalue weighted by atomic mass is 32.2. The van der Waals surface area contributed by atoms with Crippen molar-refractivity contribution in [2.75, 3.05) is 4.72 Å². The van der Waals surface area contributed by atoms with E-state index in [0.29, 0.717) is 17.2 Å². The molecule has 0 aliphatic rings. The van der Waals surface area contributed by atoms with Crippen LogP contribution in [0.1, 0.15) is 5.69 Å². The second-order valence-electron chi connectivity index (χ2n) is 4.31. The smallest absolute Gasteiger partial charge is 0.271 e. The van der Waals surface area contributed by atoms with Crippen molar-refractivity contribution in [3.63, 3.8) is 0 Å². The summed E-state index contributed by atoms with van der Waals surface area (Å²) in [6.07, 6.45) is 2.93. The van der Waals surface area contributed by atoms with Gasteiger partial charge in [0, 0.05) is 7.05 Å². The van der Waals surface area contributed by atoms with E-state index in [2.05, 4.69) is 20.0 Å². The van der Waals surface area contributed by atoms with E-state index in [1.165, 1.54) is 12.7 Å². The monoisotopic (exact) mass is 324 g/mol. The number of aryl methyl sites for hydroxylation is 1. The Kier molecular flexibility index (Phi) is 3.26. The second-order valence-corrected chi connectivity index (χ2v) is 7.17. The highest BCUT2D eigenvalue weighted by molar-refractivity contribution is 7.94. The minimum absolute atomic E-state index is 0.250. The molecule has 0 bridgehead atoms. The standard InChI is InChI=1S/C11H12N6O2S2/c1-8-10(15-21(18,19)9-4-3-5-20-9)11(14-16(8)2)17-6-12-13-7-17/h3-7,15H,1-2H3.